The van der Waals surface area contributed by atoms with E-state index in [2.05, 4.69) is 10.3 Å². The normalized spacial score (nSPS) is 10.8. The number of benzene rings is 2. The van der Waals surface area contributed by atoms with E-state index >= 15 is 0 Å². The zero-order valence-corrected chi connectivity index (χ0v) is 15.9. The molecule has 28 heavy (non-hydrogen) atoms. The van der Waals surface area contributed by atoms with Crippen LogP contribution >= 0.6 is 11.3 Å². The molecular formula is C21H17N3O3S. The number of nitrogens with one attached hydrogen (secondary N) is 1. The van der Waals surface area contributed by atoms with Crippen LogP contribution in [-0.2, 0) is 11.3 Å². The van der Waals surface area contributed by atoms with Crippen LogP contribution in [0, 0.1) is 0 Å². The van der Waals surface area contributed by atoms with E-state index in [1.165, 1.54) is 22.2 Å². The second-order valence-corrected chi connectivity index (χ2v) is 7.01. The summed E-state index contributed by atoms with van der Waals surface area (Å²) in [7, 11) is 1.56. The van der Waals surface area contributed by atoms with Crippen molar-refractivity contribution in [3.8, 4) is 16.9 Å². The number of hydrogen-bond acceptors (Lipinski definition) is 5. The Morgan fingerprint density at radius 3 is 2.79 bits per heavy atom. The van der Waals surface area contributed by atoms with Crippen molar-refractivity contribution >= 4 is 33.1 Å². The Morgan fingerprint density at radius 1 is 1.18 bits per heavy atom. The smallest absolute Gasteiger partial charge is 0.263 e. The Morgan fingerprint density at radius 2 is 2.00 bits per heavy atom. The maximum absolute atomic E-state index is 13.0. The highest BCUT2D eigenvalue weighted by atomic mass is 32.1. The van der Waals surface area contributed by atoms with Crippen LogP contribution in [0.1, 0.15) is 0 Å². The fraction of sp³-hybridized carbons (Fsp3) is 0.0952. The number of thiophene rings is 1. The molecule has 0 radical (unpaired) electrons. The first-order valence-electron chi connectivity index (χ1n) is 8.61. The van der Waals surface area contributed by atoms with Crippen molar-refractivity contribution in [2.75, 3.05) is 12.4 Å². The molecular weight excluding hydrogens is 374 g/mol. The number of hydrogen-bond donors (Lipinski definition) is 1. The molecule has 0 aliphatic rings. The number of anilines is 1. The van der Waals surface area contributed by atoms with Crippen LogP contribution in [-0.4, -0.2) is 22.6 Å². The van der Waals surface area contributed by atoms with Gasteiger partial charge in [0, 0.05) is 22.7 Å². The van der Waals surface area contributed by atoms with Crippen LogP contribution in [0.25, 0.3) is 21.3 Å². The van der Waals surface area contributed by atoms with E-state index in [0.717, 1.165) is 11.1 Å². The topological polar surface area (TPSA) is 73.2 Å². The monoisotopic (exact) mass is 391 g/mol. The fourth-order valence-corrected chi connectivity index (χ4v) is 3.87. The second kappa shape index (κ2) is 7.66. The summed E-state index contributed by atoms with van der Waals surface area (Å²) in [6.07, 6.45) is 1.42. The minimum Gasteiger partial charge on any atom is -0.497 e. The van der Waals surface area contributed by atoms with Gasteiger partial charge >= 0.3 is 0 Å². The van der Waals surface area contributed by atoms with Crippen molar-refractivity contribution in [1.29, 1.82) is 0 Å². The van der Waals surface area contributed by atoms with Gasteiger partial charge in [0.05, 0.1) is 18.8 Å². The number of rotatable bonds is 5. The number of nitrogens with zero attached hydrogens (tertiary/aromatic N) is 2. The maximum atomic E-state index is 13.0. The first-order chi connectivity index (χ1) is 13.7. The van der Waals surface area contributed by atoms with Crippen molar-refractivity contribution in [3.05, 3.63) is 76.7 Å². The average molecular weight is 391 g/mol. The zero-order chi connectivity index (χ0) is 19.5. The van der Waals surface area contributed by atoms with E-state index in [1.807, 2.05) is 35.7 Å². The van der Waals surface area contributed by atoms with Gasteiger partial charge in [-0.3, -0.25) is 14.2 Å². The highest BCUT2D eigenvalue weighted by molar-refractivity contribution is 7.17. The number of carbonyl (C=O) groups is 1. The molecule has 4 aromatic rings. The minimum atomic E-state index is -0.312. The van der Waals surface area contributed by atoms with Gasteiger partial charge < -0.3 is 10.1 Å². The molecule has 1 amide bonds. The van der Waals surface area contributed by atoms with E-state index in [4.69, 9.17) is 4.74 Å². The molecule has 0 aliphatic carbocycles. The predicted molar refractivity (Wildman–Crippen MR) is 111 cm³/mol. The number of methoxy groups -OCH3 is 1. The van der Waals surface area contributed by atoms with Gasteiger partial charge in [0.2, 0.25) is 5.91 Å². The number of amides is 1. The summed E-state index contributed by atoms with van der Waals surface area (Å²) in [6.45, 7) is -0.122. The summed E-state index contributed by atoms with van der Waals surface area (Å²) in [4.78, 5) is 30.4. The van der Waals surface area contributed by atoms with Crippen molar-refractivity contribution in [1.82, 2.24) is 9.55 Å². The lowest BCUT2D eigenvalue weighted by molar-refractivity contribution is -0.116. The Balaban J connectivity index is 1.63. The molecule has 0 fully saturated rings. The van der Waals surface area contributed by atoms with Crippen LogP contribution < -0.4 is 15.6 Å². The van der Waals surface area contributed by atoms with Crippen LogP contribution in [0.2, 0.25) is 0 Å². The molecule has 1 N–H and O–H groups in total. The molecule has 2 aromatic heterocycles. The van der Waals surface area contributed by atoms with Crippen LogP contribution in [0.3, 0.4) is 0 Å². The molecule has 0 unspecified atom stereocenters. The van der Waals surface area contributed by atoms with E-state index in [0.29, 0.717) is 21.7 Å². The van der Waals surface area contributed by atoms with Crippen molar-refractivity contribution in [2.24, 2.45) is 0 Å². The predicted octanol–water partition coefficient (Wildman–Crippen LogP) is 3.77. The average Bonchev–Trinajstić information content (AvgIpc) is 3.16. The van der Waals surface area contributed by atoms with Crippen LogP contribution in [0.5, 0.6) is 5.75 Å². The third kappa shape index (κ3) is 3.52. The fourth-order valence-electron chi connectivity index (χ4n) is 2.97. The Labute approximate surface area is 165 Å². The third-order valence-corrected chi connectivity index (χ3v) is 5.20. The van der Waals surface area contributed by atoms with Gasteiger partial charge in [0.1, 0.15) is 17.1 Å². The van der Waals surface area contributed by atoms with Crippen LogP contribution in [0.4, 0.5) is 5.69 Å². The highest BCUT2D eigenvalue weighted by Crippen LogP contribution is 2.30. The largest absolute Gasteiger partial charge is 0.497 e. The summed E-state index contributed by atoms with van der Waals surface area (Å²) >= 11 is 1.42. The first-order valence-corrected chi connectivity index (χ1v) is 9.49. The lowest BCUT2D eigenvalue weighted by atomic mass is 10.1. The molecule has 0 spiro atoms. The van der Waals surface area contributed by atoms with E-state index in [-0.39, 0.29) is 18.0 Å². The molecule has 0 bridgehead atoms. The third-order valence-electron chi connectivity index (χ3n) is 4.31. The van der Waals surface area contributed by atoms with Gasteiger partial charge in [0.15, 0.2) is 0 Å². The molecule has 0 saturated heterocycles. The molecule has 2 heterocycles. The standard InChI is InChI=1S/C21H17N3O3S/c1-27-16-9-5-8-15(10-16)23-18(25)11-24-13-22-20-19(21(24)26)17(12-28-20)14-6-3-2-4-7-14/h2-10,12-13H,11H2,1H3,(H,23,25). The number of ether oxygens (including phenoxy) is 1. The number of fused-ring (bicyclic) bond motifs is 1. The van der Waals surface area contributed by atoms with E-state index < -0.39 is 0 Å². The van der Waals surface area contributed by atoms with Gasteiger partial charge in [0.25, 0.3) is 5.56 Å². The minimum absolute atomic E-state index is 0.122. The zero-order valence-electron chi connectivity index (χ0n) is 15.1. The molecule has 4 rings (SSSR count). The number of carbonyl (C=O) groups excluding carboxylic acids is 1. The van der Waals surface area contributed by atoms with Gasteiger partial charge in [-0.25, -0.2) is 4.98 Å². The maximum Gasteiger partial charge on any atom is 0.263 e. The van der Waals surface area contributed by atoms with E-state index in [1.54, 1.807) is 31.4 Å². The van der Waals surface area contributed by atoms with Gasteiger partial charge in [-0.1, -0.05) is 36.4 Å². The molecule has 7 heteroatoms. The Hall–Kier alpha value is -3.45. The quantitative estimate of drug-likeness (QED) is 0.562. The lowest BCUT2D eigenvalue weighted by Gasteiger charge is -2.09. The first kappa shape index (κ1) is 17.9. The summed E-state index contributed by atoms with van der Waals surface area (Å²) in [6, 6.07) is 16.7. The summed E-state index contributed by atoms with van der Waals surface area (Å²) in [5.74, 6) is 0.330. The molecule has 0 aliphatic heterocycles. The van der Waals surface area contributed by atoms with Crippen molar-refractivity contribution in [3.63, 3.8) is 0 Å². The molecule has 0 saturated carbocycles. The molecule has 6 nitrogen and oxygen atoms in total. The van der Waals surface area contributed by atoms with Gasteiger partial charge in [-0.2, -0.15) is 0 Å². The summed E-state index contributed by atoms with van der Waals surface area (Å²) in [5, 5.41) is 5.24. The molecule has 0 atom stereocenters. The lowest BCUT2D eigenvalue weighted by Crippen LogP contribution is -2.27. The van der Waals surface area contributed by atoms with Crippen molar-refractivity contribution in [2.45, 2.75) is 6.54 Å². The summed E-state index contributed by atoms with van der Waals surface area (Å²) in [5.41, 5.74) is 2.16. The Kier molecular flexibility index (Phi) is 4.90. The SMILES string of the molecule is COc1cccc(NC(=O)Cn2cnc3scc(-c4ccccc4)c3c2=O)c1. The summed E-state index contributed by atoms with van der Waals surface area (Å²) < 4.78 is 6.48. The van der Waals surface area contributed by atoms with Gasteiger partial charge in [-0.15, -0.1) is 11.3 Å². The molecule has 140 valence electrons. The van der Waals surface area contributed by atoms with Gasteiger partial charge in [-0.05, 0) is 17.7 Å². The second-order valence-electron chi connectivity index (χ2n) is 6.15. The van der Waals surface area contributed by atoms with Crippen LogP contribution in [0.15, 0.2) is 71.1 Å². The highest BCUT2D eigenvalue weighted by Gasteiger charge is 2.14. The van der Waals surface area contributed by atoms with Crippen molar-refractivity contribution < 1.29 is 9.53 Å². The molecule has 2 aromatic carbocycles. The number of aromatic nitrogens is 2. The van der Waals surface area contributed by atoms with E-state index in [9.17, 15) is 9.59 Å². The Bertz CT molecular complexity index is 1200.